The fourth-order valence-electron chi connectivity index (χ4n) is 1.23. The second kappa shape index (κ2) is 3.12. The van der Waals surface area contributed by atoms with Crippen molar-refractivity contribution in [1.29, 1.82) is 0 Å². The second-order valence-electron chi connectivity index (χ2n) is 2.95. The molecular formula is C9H9N3O2. The predicted molar refractivity (Wildman–Crippen MR) is 49.8 cm³/mol. The summed E-state index contributed by atoms with van der Waals surface area (Å²) in [4.78, 5) is 14.7. The Labute approximate surface area is 79.8 Å². The van der Waals surface area contributed by atoms with E-state index in [-0.39, 0.29) is 0 Å². The zero-order chi connectivity index (χ0) is 10.1. The predicted octanol–water partition coefficient (Wildman–Crippen LogP) is 0.419. The van der Waals surface area contributed by atoms with Crippen LogP contribution in [0.4, 0.5) is 0 Å². The van der Waals surface area contributed by atoms with Gasteiger partial charge in [-0.25, -0.2) is 4.98 Å². The number of nitrogens with zero attached hydrogens (tertiary/aromatic N) is 2. The first kappa shape index (κ1) is 8.71. The Kier molecular flexibility index (Phi) is 1.94. The van der Waals surface area contributed by atoms with Gasteiger partial charge in [-0.05, 0) is 12.1 Å². The number of hydrogen-bond donors (Lipinski definition) is 2. The van der Waals surface area contributed by atoms with Crippen LogP contribution in [0.25, 0.3) is 5.65 Å². The highest BCUT2D eigenvalue weighted by atomic mass is 16.4. The molecule has 2 heterocycles. The van der Waals surface area contributed by atoms with Gasteiger partial charge in [0.15, 0.2) is 0 Å². The molecule has 14 heavy (non-hydrogen) atoms. The molecule has 0 amide bonds. The maximum Gasteiger partial charge on any atom is 0.326 e. The SMILES string of the molecule is NC(C(=O)O)c1cn2ccccc2n1. The number of hydrogen-bond acceptors (Lipinski definition) is 3. The highest BCUT2D eigenvalue weighted by Crippen LogP contribution is 2.10. The van der Waals surface area contributed by atoms with Gasteiger partial charge in [0.1, 0.15) is 11.7 Å². The lowest BCUT2D eigenvalue weighted by molar-refractivity contribution is -0.138. The Hall–Kier alpha value is -1.88. The van der Waals surface area contributed by atoms with Crippen LogP contribution < -0.4 is 5.73 Å². The summed E-state index contributed by atoms with van der Waals surface area (Å²) in [7, 11) is 0. The maximum absolute atomic E-state index is 10.6. The molecule has 5 heteroatoms. The number of imidazole rings is 1. The lowest BCUT2D eigenvalue weighted by atomic mass is 10.2. The Morgan fingerprint density at radius 1 is 1.57 bits per heavy atom. The highest BCUT2D eigenvalue weighted by molar-refractivity contribution is 5.74. The molecule has 0 saturated carbocycles. The quantitative estimate of drug-likeness (QED) is 0.720. The Morgan fingerprint density at radius 2 is 2.36 bits per heavy atom. The Balaban J connectivity index is 2.50. The topological polar surface area (TPSA) is 80.6 Å². The number of rotatable bonds is 2. The van der Waals surface area contributed by atoms with E-state index >= 15 is 0 Å². The fraction of sp³-hybridized carbons (Fsp3) is 0.111. The molecule has 0 aromatic carbocycles. The lowest BCUT2D eigenvalue weighted by Crippen LogP contribution is -2.20. The summed E-state index contributed by atoms with van der Waals surface area (Å²) in [6.07, 6.45) is 3.41. The summed E-state index contributed by atoms with van der Waals surface area (Å²) in [6, 6.07) is 4.40. The summed E-state index contributed by atoms with van der Waals surface area (Å²) in [5.74, 6) is -1.08. The molecule has 0 fully saturated rings. The number of carboxylic acids is 1. The van der Waals surface area contributed by atoms with Crippen LogP contribution in [-0.4, -0.2) is 20.5 Å². The van der Waals surface area contributed by atoms with Gasteiger partial charge in [-0.2, -0.15) is 0 Å². The van der Waals surface area contributed by atoms with E-state index in [0.717, 1.165) is 0 Å². The first-order valence-electron chi connectivity index (χ1n) is 4.10. The van der Waals surface area contributed by atoms with Crippen LogP contribution in [0, 0.1) is 0 Å². The summed E-state index contributed by atoms with van der Waals surface area (Å²) in [5, 5.41) is 8.69. The van der Waals surface area contributed by atoms with Crippen LogP contribution in [0.1, 0.15) is 11.7 Å². The van der Waals surface area contributed by atoms with E-state index in [1.54, 1.807) is 22.9 Å². The van der Waals surface area contributed by atoms with Crippen LogP contribution in [-0.2, 0) is 4.79 Å². The first-order chi connectivity index (χ1) is 6.68. The van der Waals surface area contributed by atoms with E-state index in [0.29, 0.717) is 11.3 Å². The van der Waals surface area contributed by atoms with Crippen LogP contribution >= 0.6 is 0 Å². The van der Waals surface area contributed by atoms with Gasteiger partial charge in [0.05, 0.1) is 5.69 Å². The molecule has 2 aromatic heterocycles. The number of aliphatic carboxylic acids is 1. The van der Waals surface area contributed by atoms with Crippen LogP contribution in [0.3, 0.4) is 0 Å². The van der Waals surface area contributed by atoms with Crippen LogP contribution in [0.5, 0.6) is 0 Å². The maximum atomic E-state index is 10.6. The van der Waals surface area contributed by atoms with Gasteiger partial charge in [-0.3, -0.25) is 4.79 Å². The molecule has 0 bridgehead atoms. The molecule has 0 aliphatic carbocycles. The highest BCUT2D eigenvalue weighted by Gasteiger charge is 2.17. The third kappa shape index (κ3) is 1.33. The molecule has 1 unspecified atom stereocenters. The number of carbonyl (C=O) groups is 1. The molecule has 72 valence electrons. The molecule has 2 rings (SSSR count). The average Bonchev–Trinajstić information content (AvgIpc) is 2.59. The summed E-state index contributed by atoms with van der Waals surface area (Å²) in [5.41, 5.74) is 6.48. The molecule has 1 atom stereocenters. The molecule has 0 aliphatic rings. The van der Waals surface area contributed by atoms with Crippen molar-refractivity contribution in [2.45, 2.75) is 6.04 Å². The zero-order valence-electron chi connectivity index (χ0n) is 7.29. The minimum Gasteiger partial charge on any atom is -0.480 e. The van der Waals surface area contributed by atoms with Gasteiger partial charge in [0.25, 0.3) is 0 Å². The summed E-state index contributed by atoms with van der Waals surface area (Å²) in [6.45, 7) is 0. The molecule has 3 N–H and O–H groups in total. The lowest BCUT2D eigenvalue weighted by Gasteiger charge is -1.99. The van der Waals surface area contributed by atoms with Gasteiger partial charge < -0.3 is 15.2 Å². The minimum absolute atomic E-state index is 0.365. The number of carboxylic acid groups (broad SMARTS) is 1. The van der Waals surface area contributed by atoms with Crippen molar-refractivity contribution in [1.82, 2.24) is 9.38 Å². The van der Waals surface area contributed by atoms with Gasteiger partial charge in [0, 0.05) is 12.4 Å². The standard InChI is InChI=1S/C9H9N3O2/c10-8(9(13)14)6-5-12-4-2-1-3-7(12)11-6/h1-5,8H,10H2,(H,13,14). The monoisotopic (exact) mass is 191 g/mol. The fourth-order valence-corrected chi connectivity index (χ4v) is 1.23. The van der Waals surface area contributed by atoms with Gasteiger partial charge >= 0.3 is 5.97 Å². The molecular weight excluding hydrogens is 182 g/mol. The van der Waals surface area contributed by atoms with Crippen LogP contribution in [0.2, 0.25) is 0 Å². The van der Waals surface area contributed by atoms with Crippen molar-refractivity contribution in [3.05, 3.63) is 36.3 Å². The van der Waals surface area contributed by atoms with Crippen LogP contribution in [0.15, 0.2) is 30.6 Å². The number of nitrogens with two attached hydrogens (primary N) is 1. The molecule has 0 aliphatic heterocycles. The van der Waals surface area contributed by atoms with Gasteiger partial charge in [0.2, 0.25) is 0 Å². The van der Waals surface area contributed by atoms with E-state index in [1.807, 2.05) is 12.1 Å². The number of pyridine rings is 1. The minimum atomic E-state index is -1.08. The molecule has 5 nitrogen and oxygen atoms in total. The molecule has 0 saturated heterocycles. The normalized spacial score (nSPS) is 12.9. The average molecular weight is 191 g/mol. The van der Waals surface area contributed by atoms with Crippen molar-refractivity contribution in [2.75, 3.05) is 0 Å². The molecule has 2 aromatic rings. The smallest absolute Gasteiger partial charge is 0.326 e. The van der Waals surface area contributed by atoms with E-state index in [9.17, 15) is 4.79 Å². The first-order valence-corrected chi connectivity index (χ1v) is 4.10. The van der Waals surface area contributed by atoms with Crippen molar-refractivity contribution < 1.29 is 9.90 Å². The van der Waals surface area contributed by atoms with E-state index in [4.69, 9.17) is 10.8 Å². The van der Waals surface area contributed by atoms with Crippen molar-refractivity contribution in [3.63, 3.8) is 0 Å². The summed E-state index contributed by atoms with van der Waals surface area (Å²) >= 11 is 0. The molecule has 0 spiro atoms. The Bertz CT molecular complexity index is 445. The molecule has 0 radical (unpaired) electrons. The Morgan fingerprint density at radius 3 is 3.00 bits per heavy atom. The van der Waals surface area contributed by atoms with Crippen molar-refractivity contribution in [3.8, 4) is 0 Å². The number of fused-ring (bicyclic) bond motifs is 1. The van der Waals surface area contributed by atoms with E-state index in [2.05, 4.69) is 4.98 Å². The van der Waals surface area contributed by atoms with Gasteiger partial charge in [-0.1, -0.05) is 6.07 Å². The third-order valence-corrected chi connectivity index (χ3v) is 1.97. The van der Waals surface area contributed by atoms with Gasteiger partial charge in [-0.15, -0.1) is 0 Å². The largest absolute Gasteiger partial charge is 0.480 e. The third-order valence-electron chi connectivity index (χ3n) is 1.97. The van der Waals surface area contributed by atoms with Crippen molar-refractivity contribution in [2.24, 2.45) is 5.73 Å². The van der Waals surface area contributed by atoms with Crippen molar-refractivity contribution >= 4 is 11.6 Å². The second-order valence-corrected chi connectivity index (χ2v) is 2.95. The van der Waals surface area contributed by atoms with E-state index < -0.39 is 12.0 Å². The van der Waals surface area contributed by atoms with E-state index in [1.165, 1.54) is 0 Å². The number of aromatic nitrogens is 2. The zero-order valence-corrected chi connectivity index (χ0v) is 7.29. The summed E-state index contributed by atoms with van der Waals surface area (Å²) < 4.78 is 1.73.